The van der Waals surface area contributed by atoms with Crippen molar-refractivity contribution in [2.45, 2.75) is 32.4 Å². The molecule has 0 bridgehead atoms. The Bertz CT molecular complexity index is 354. The Morgan fingerprint density at radius 3 is 2.71 bits per heavy atom. The Kier molecular flexibility index (Phi) is 4.48. The summed E-state index contributed by atoms with van der Waals surface area (Å²) in [4.78, 5) is 0. The molecule has 2 rings (SSSR count). The fourth-order valence-electron chi connectivity index (χ4n) is 2.29. The Morgan fingerprint density at radius 2 is 2.12 bits per heavy atom. The monoisotopic (exact) mass is 251 g/mol. The Balaban J connectivity index is 2.04. The van der Waals surface area contributed by atoms with Gasteiger partial charge in [-0.1, -0.05) is 18.2 Å². The Labute approximate surface area is 108 Å². The molecule has 1 aliphatic rings. The van der Waals surface area contributed by atoms with Gasteiger partial charge in [0.1, 0.15) is 0 Å². The predicted octanol–water partition coefficient (Wildman–Crippen LogP) is 2.31. The highest BCUT2D eigenvalue weighted by Gasteiger charge is 2.22. The number of rotatable bonds is 3. The molecule has 2 N–H and O–H groups in total. The maximum absolute atomic E-state index is 6.28. The van der Waals surface area contributed by atoms with Gasteiger partial charge in [-0.25, -0.2) is 0 Å². The molecule has 1 saturated heterocycles. The minimum Gasteiger partial charge on any atom is -0.375 e. The minimum absolute atomic E-state index is 0.114. The van der Waals surface area contributed by atoms with E-state index in [4.69, 9.17) is 10.5 Å². The van der Waals surface area contributed by atoms with E-state index in [1.54, 1.807) is 0 Å². The van der Waals surface area contributed by atoms with E-state index in [0.29, 0.717) is 0 Å². The molecule has 1 aliphatic heterocycles. The predicted molar refractivity (Wildman–Crippen MR) is 74.7 cm³/mol. The Hall–Kier alpha value is -0.510. The summed E-state index contributed by atoms with van der Waals surface area (Å²) in [6.45, 7) is 5.16. The summed E-state index contributed by atoms with van der Waals surface area (Å²) in [5, 5.41) is 0. The van der Waals surface area contributed by atoms with Crippen LogP contribution in [0.2, 0.25) is 0 Å². The van der Waals surface area contributed by atoms with Gasteiger partial charge in [-0.2, -0.15) is 11.8 Å². The van der Waals surface area contributed by atoms with Crippen molar-refractivity contribution < 1.29 is 4.74 Å². The maximum Gasteiger partial charge on any atom is 0.0819 e. The molecular weight excluding hydrogens is 230 g/mol. The van der Waals surface area contributed by atoms with Crippen molar-refractivity contribution in [1.29, 1.82) is 0 Å². The number of ether oxygens (including phenoxy) is 1. The van der Waals surface area contributed by atoms with Crippen molar-refractivity contribution in [2.75, 3.05) is 18.1 Å². The number of thioether (sulfide) groups is 1. The van der Waals surface area contributed by atoms with E-state index in [1.807, 2.05) is 11.8 Å². The van der Waals surface area contributed by atoms with Gasteiger partial charge in [0.05, 0.1) is 12.7 Å². The topological polar surface area (TPSA) is 35.2 Å². The zero-order chi connectivity index (χ0) is 12.3. The largest absolute Gasteiger partial charge is 0.375 e. The van der Waals surface area contributed by atoms with Crippen LogP contribution in [-0.4, -0.2) is 30.3 Å². The van der Waals surface area contributed by atoms with Crippen molar-refractivity contribution in [3.05, 3.63) is 34.9 Å². The number of benzene rings is 1. The molecule has 0 radical (unpaired) electrons. The summed E-state index contributed by atoms with van der Waals surface area (Å²) >= 11 is 1.95. The highest BCUT2D eigenvalue weighted by molar-refractivity contribution is 7.99. The quantitative estimate of drug-likeness (QED) is 0.895. The van der Waals surface area contributed by atoms with Gasteiger partial charge in [-0.15, -0.1) is 0 Å². The first-order valence-corrected chi connectivity index (χ1v) is 7.34. The van der Waals surface area contributed by atoms with Crippen molar-refractivity contribution in [3.8, 4) is 0 Å². The second kappa shape index (κ2) is 5.89. The van der Waals surface area contributed by atoms with Crippen LogP contribution in [0.15, 0.2) is 18.2 Å². The fourth-order valence-corrected chi connectivity index (χ4v) is 3.25. The van der Waals surface area contributed by atoms with Gasteiger partial charge in [-0.3, -0.25) is 0 Å². The molecule has 1 aromatic carbocycles. The van der Waals surface area contributed by atoms with Gasteiger partial charge < -0.3 is 10.5 Å². The summed E-state index contributed by atoms with van der Waals surface area (Å²) in [6.07, 6.45) is 1.14. The lowest BCUT2D eigenvalue weighted by Gasteiger charge is -2.28. The molecule has 3 heteroatoms. The summed E-state index contributed by atoms with van der Waals surface area (Å²) in [7, 11) is 0. The molecule has 1 fully saturated rings. The van der Waals surface area contributed by atoms with Crippen molar-refractivity contribution in [2.24, 2.45) is 5.73 Å². The van der Waals surface area contributed by atoms with Gasteiger partial charge in [0, 0.05) is 17.5 Å². The normalized spacial score (nSPS) is 22.4. The highest BCUT2D eigenvalue weighted by Crippen LogP contribution is 2.20. The summed E-state index contributed by atoms with van der Waals surface area (Å²) in [5.41, 5.74) is 10.3. The average molecular weight is 251 g/mol. The third kappa shape index (κ3) is 3.24. The lowest BCUT2D eigenvalue weighted by molar-refractivity contribution is 0.0571. The molecule has 1 aromatic rings. The van der Waals surface area contributed by atoms with E-state index in [9.17, 15) is 0 Å². The zero-order valence-electron chi connectivity index (χ0n) is 10.6. The molecule has 2 atom stereocenters. The van der Waals surface area contributed by atoms with Crippen LogP contribution < -0.4 is 5.73 Å². The van der Waals surface area contributed by atoms with Gasteiger partial charge in [0.2, 0.25) is 0 Å². The molecule has 0 amide bonds. The van der Waals surface area contributed by atoms with E-state index in [1.165, 1.54) is 16.7 Å². The smallest absolute Gasteiger partial charge is 0.0819 e. The van der Waals surface area contributed by atoms with Crippen LogP contribution in [0.1, 0.15) is 16.7 Å². The van der Waals surface area contributed by atoms with Crippen LogP contribution in [-0.2, 0) is 11.2 Å². The third-order valence-corrected chi connectivity index (χ3v) is 4.42. The molecule has 0 spiro atoms. The zero-order valence-corrected chi connectivity index (χ0v) is 11.4. The SMILES string of the molecule is Cc1cccc(C)c1CC(N)C1CSCCO1. The fraction of sp³-hybridized carbons (Fsp3) is 0.571. The van der Waals surface area contributed by atoms with Crippen molar-refractivity contribution in [1.82, 2.24) is 0 Å². The second-order valence-corrected chi connectivity index (χ2v) is 5.87. The summed E-state index contributed by atoms with van der Waals surface area (Å²) in [6, 6.07) is 6.53. The second-order valence-electron chi connectivity index (χ2n) is 4.72. The van der Waals surface area contributed by atoms with E-state index >= 15 is 0 Å². The number of hydrogen-bond acceptors (Lipinski definition) is 3. The molecule has 2 nitrogen and oxygen atoms in total. The summed E-state index contributed by atoms with van der Waals surface area (Å²) in [5.74, 6) is 2.14. The van der Waals surface area contributed by atoms with Gasteiger partial charge in [-0.05, 0) is 37.0 Å². The maximum atomic E-state index is 6.28. The lowest BCUT2D eigenvalue weighted by atomic mass is 9.95. The molecule has 0 aliphatic carbocycles. The standard InChI is InChI=1S/C14H21NOS/c1-10-4-3-5-11(2)12(10)8-13(15)14-9-17-7-6-16-14/h3-5,13-14H,6-9,15H2,1-2H3. The first kappa shape index (κ1) is 12.9. The highest BCUT2D eigenvalue weighted by atomic mass is 32.2. The average Bonchev–Trinajstić information content (AvgIpc) is 2.35. The molecule has 94 valence electrons. The van der Waals surface area contributed by atoms with Gasteiger partial charge >= 0.3 is 0 Å². The van der Waals surface area contributed by atoms with Crippen molar-refractivity contribution in [3.63, 3.8) is 0 Å². The number of hydrogen-bond donors (Lipinski definition) is 1. The summed E-state index contributed by atoms with van der Waals surface area (Å²) < 4.78 is 5.75. The van der Waals surface area contributed by atoms with Crippen LogP contribution in [0.4, 0.5) is 0 Å². The van der Waals surface area contributed by atoms with Crippen LogP contribution >= 0.6 is 11.8 Å². The minimum atomic E-state index is 0.114. The Morgan fingerprint density at radius 1 is 1.41 bits per heavy atom. The molecule has 1 heterocycles. The lowest BCUT2D eigenvalue weighted by Crippen LogP contribution is -2.42. The molecular formula is C14H21NOS. The van der Waals surface area contributed by atoms with Crippen LogP contribution in [0, 0.1) is 13.8 Å². The number of nitrogens with two attached hydrogens (primary N) is 1. The van der Waals surface area contributed by atoms with E-state index in [2.05, 4.69) is 32.0 Å². The third-order valence-electron chi connectivity index (χ3n) is 3.40. The van der Waals surface area contributed by atoms with E-state index in [0.717, 1.165) is 24.5 Å². The van der Waals surface area contributed by atoms with Gasteiger partial charge in [0.25, 0.3) is 0 Å². The molecule has 2 unspecified atom stereocenters. The van der Waals surface area contributed by atoms with E-state index in [-0.39, 0.29) is 12.1 Å². The van der Waals surface area contributed by atoms with Crippen molar-refractivity contribution >= 4 is 11.8 Å². The van der Waals surface area contributed by atoms with Crippen LogP contribution in [0.25, 0.3) is 0 Å². The molecule has 0 aromatic heterocycles. The first-order chi connectivity index (χ1) is 8.18. The first-order valence-electron chi connectivity index (χ1n) is 6.18. The van der Waals surface area contributed by atoms with Gasteiger partial charge in [0.15, 0.2) is 0 Å². The van der Waals surface area contributed by atoms with E-state index < -0.39 is 0 Å². The molecule has 17 heavy (non-hydrogen) atoms. The number of aryl methyl sites for hydroxylation is 2. The van der Waals surface area contributed by atoms with Crippen LogP contribution in [0.3, 0.4) is 0 Å². The van der Waals surface area contributed by atoms with Crippen LogP contribution in [0.5, 0.6) is 0 Å². The molecule has 0 saturated carbocycles.